The summed E-state index contributed by atoms with van der Waals surface area (Å²) >= 11 is 9.27. The van der Waals surface area contributed by atoms with Crippen LogP contribution in [0, 0.1) is 13.8 Å². The van der Waals surface area contributed by atoms with E-state index in [2.05, 4.69) is 20.9 Å². The van der Waals surface area contributed by atoms with E-state index in [0.717, 1.165) is 22.6 Å². The van der Waals surface area contributed by atoms with E-state index in [1.807, 2.05) is 26.0 Å². The molecule has 2 aromatic rings. The van der Waals surface area contributed by atoms with Gasteiger partial charge in [0.05, 0.1) is 4.47 Å². The van der Waals surface area contributed by atoms with Crippen LogP contribution in [-0.4, -0.2) is 4.98 Å². The average molecular weight is 328 g/mol. The van der Waals surface area contributed by atoms with E-state index in [4.69, 9.17) is 22.1 Å². The quantitative estimate of drug-likeness (QED) is 0.653. The number of rotatable bonds is 2. The van der Waals surface area contributed by atoms with E-state index in [-0.39, 0.29) is 0 Å². The minimum absolute atomic E-state index is 0.373. The second-order valence-electron chi connectivity index (χ2n) is 3.99. The number of anilines is 1. The summed E-state index contributed by atoms with van der Waals surface area (Å²) in [4.78, 5) is 3.95. The molecule has 5 heteroatoms. The molecule has 0 saturated heterocycles. The molecule has 18 heavy (non-hydrogen) atoms. The van der Waals surface area contributed by atoms with Gasteiger partial charge in [-0.1, -0.05) is 11.6 Å². The SMILES string of the molecule is Cc1cc(Oc2ccnc(Cl)c2Br)c(C)cc1N. The molecular weight excluding hydrogens is 316 g/mol. The number of hydrogen-bond donors (Lipinski definition) is 1. The molecular formula is C13H12BrClN2O. The van der Waals surface area contributed by atoms with Crippen molar-refractivity contribution in [2.45, 2.75) is 13.8 Å². The maximum absolute atomic E-state index is 5.92. The number of aromatic nitrogens is 1. The summed E-state index contributed by atoms with van der Waals surface area (Å²) in [5.41, 5.74) is 8.55. The Labute approximate surface area is 119 Å². The first-order valence-corrected chi connectivity index (χ1v) is 6.50. The Bertz CT molecular complexity index is 602. The van der Waals surface area contributed by atoms with Crippen LogP contribution in [0.3, 0.4) is 0 Å². The van der Waals surface area contributed by atoms with Crippen LogP contribution in [0.5, 0.6) is 11.5 Å². The van der Waals surface area contributed by atoms with Crippen molar-refractivity contribution in [2.24, 2.45) is 0 Å². The fourth-order valence-corrected chi connectivity index (χ4v) is 1.99. The Balaban J connectivity index is 2.40. The maximum Gasteiger partial charge on any atom is 0.146 e. The lowest BCUT2D eigenvalue weighted by atomic mass is 10.1. The van der Waals surface area contributed by atoms with Crippen molar-refractivity contribution in [1.29, 1.82) is 0 Å². The number of pyridine rings is 1. The van der Waals surface area contributed by atoms with Crippen molar-refractivity contribution < 1.29 is 4.74 Å². The molecule has 94 valence electrons. The molecule has 2 N–H and O–H groups in total. The number of nitrogens with two attached hydrogens (primary N) is 1. The van der Waals surface area contributed by atoms with Crippen LogP contribution in [0.4, 0.5) is 5.69 Å². The molecule has 1 aromatic carbocycles. The molecule has 0 bridgehead atoms. The summed E-state index contributed by atoms with van der Waals surface area (Å²) in [6.07, 6.45) is 1.60. The fraction of sp³-hybridized carbons (Fsp3) is 0.154. The van der Waals surface area contributed by atoms with Crippen LogP contribution in [0.2, 0.25) is 5.15 Å². The van der Waals surface area contributed by atoms with Crippen molar-refractivity contribution in [1.82, 2.24) is 4.98 Å². The predicted molar refractivity (Wildman–Crippen MR) is 77.3 cm³/mol. The van der Waals surface area contributed by atoms with Crippen LogP contribution >= 0.6 is 27.5 Å². The van der Waals surface area contributed by atoms with Gasteiger partial charge in [-0.25, -0.2) is 4.98 Å². The third kappa shape index (κ3) is 2.60. The molecule has 3 nitrogen and oxygen atoms in total. The van der Waals surface area contributed by atoms with E-state index in [9.17, 15) is 0 Å². The summed E-state index contributed by atoms with van der Waals surface area (Å²) in [5, 5.41) is 0.373. The van der Waals surface area contributed by atoms with Gasteiger partial charge in [-0.2, -0.15) is 0 Å². The van der Waals surface area contributed by atoms with Gasteiger partial charge in [-0.05, 0) is 53.0 Å². The largest absolute Gasteiger partial charge is 0.456 e. The lowest BCUT2D eigenvalue weighted by Gasteiger charge is -2.12. The van der Waals surface area contributed by atoms with Gasteiger partial charge in [0, 0.05) is 18.0 Å². The Kier molecular flexibility index (Phi) is 3.78. The molecule has 2 rings (SSSR count). The molecule has 0 spiro atoms. The molecule has 0 aliphatic heterocycles. The van der Waals surface area contributed by atoms with E-state index >= 15 is 0 Å². The first kappa shape index (κ1) is 13.2. The van der Waals surface area contributed by atoms with Gasteiger partial charge in [0.15, 0.2) is 0 Å². The topological polar surface area (TPSA) is 48.1 Å². The van der Waals surface area contributed by atoms with Gasteiger partial charge in [0.1, 0.15) is 16.7 Å². The summed E-state index contributed by atoms with van der Waals surface area (Å²) in [5.74, 6) is 1.38. The lowest BCUT2D eigenvalue weighted by molar-refractivity contribution is 0.475. The Morgan fingerprint density at radius 3 is 2.67 bits per heavy atom. The third-order valence-electron chi connectivity index (χ3n) is 2.59. The van der Waals surface area contributed by atoms with E-state index in [0.29, 0.717) is 15.4 Å². The molecule has 0 saturated carbocycles. The number of halogens is 2. The van der Waals surface area contributed by atoms with Crippen molar-refractivity contribution in [3.8, 4) is 11.5 Å². The van der Waals surface area contributed by atoms with Crippen molar-refractivity contribution in [2.75, 3.05) is 5.73 Å². The smallest absolute Gasteiger partial charge is 0.146 e. The first-order valence-electron chi connectivity index (χ1n) is 5.33. The maximum atomic E-state index is 5.92. The molecule has 0 aliphatic carbocycles. The highest BCUT2D eigenvalue weighted by atomic mass is 79.9. The van der Waals surface area contributed by atoms with Crippen molar-refractivity contribution in [3.05, 3.63) is 45.1 Å². The van der Waals surface area contributed by atoms with Gasteiger partial charge in [0.25, 0.3) is 0 Å². The fourth-order valence-electron chi connectivity index (χ4n) is 1.52. The zero-order valence-electron chi connectivity index (χ0n) is 10.00. The molecule has 0 fully saturated rings. The molecule has 0 unspecified atom stereocenters. The van der Waals surface area contributed by atoms with Crippen LogP contribution in [0.1, 0.15) is 11.1 Å². The van der Waals surface area contributed by atoms with Crippen LogP contribution in [0.25, 0.3) is 0 Å². The summed E-state index contributed by atoms with van der Waals surface area (Å²) in [6.45, 7) is 3.89. The number of nitrogens with zero attached hydrogens (tertiary/aromatic N) is 1. The molecule has 0 amide bonds. The molecule has 1 aromatic heterocycles. The van der Waals surface area contributed by atoms with Crippen molar-refractivity contribution >= 4 is 33.2 Å². The van der Waals surface area contributed by atoms with Gasteiger partial charge < -0.3 is 10.5 Å². The van der Waals surface area contributed by atoms with Crippen LogP contribution in [0.15, 0.2) is 28.9 Å². The second kappa shape index (κ2) is 5.16. The standard InChI is InChI=1S/C13H12BrClN2O/c1-7-6-11(8(2)5-9(7)16)18-10-3-4-17-13(15)12(10)14/h3-6H,16H2,1-2H3. The molecule has 1 heterocycles. The summed E-state index contributed by atoms with van der Waals surface area (Å²) in [7, 11) is 0. The number of aryl methyl sites for hydroxylation is 2. The lowest BCUT2D eigenvalue weighted by Crippen LogP contribution is -1.95. The summed E-state index contributed by atoms with van der Waals surface area (Å²) in [6, 6.07) is 5.55. The number of ether oxygens (including phenoxy) is 1. The number of hydrogen-bond acceptors (Lipinski definition) is 3. The van der Waals surface area contributed by atoms with Gasteiger partial charge in [-0.15, -0.1) is 0 Å². The highest BCUT2D eigenvalue weighted by Gasteiger charge is 2.10. The van der Waals surface area contributed by atoms with Gasteiger partial charge in [0.2, 0.25) is 0 Å². The highest BCUT2D eigenvalue weighted by molar-refractivity contribution is 9.10. The normalized spacial score (nSPS) is 10.4. The highest BCUT2D eigenvalue weighted by Crippen LogP contribution is 2.35. The van der Waals surface area contributed by atoms with Crippen LogP contribution in [-0.2, 0) is 0 Å². The van der Waals surface area contributed by atoms with Crippen molar-refractivity contribution in [3.63, 3.8) is 0 Å². The molecule has 0 atom stereocenters. The van der Waals surface area contributed by atoms with E-state index in [1.165, 1.54) is 0 Å². The molecule has 0 radical (unpaired) electrons. The Morgan fingerprint density at radius 2 is 1.94 bits per heavy atom. The molecule has 0 aliphatic rings. The van der Waals surface area contributed by atoms with E-state index < -0.39 is 0 Å². The summed E-state index contributed by atoms with van der Waals surface area (Å²) < 4.78 is 6.47. The van der Waals surface area contributed by atoms with E-state index in [1.54, 1.807) is 12.3 Å². The van der Waals surface area contributed by atoms with Crippen LogP contribution < -0.4 is 10.5 Å². The minimum Gasteiger partial charge on any atom is -0.456 e. The monoisotopic (exact) mass is 326 g/mol. The predicted octanol–water partition coefficient (Wildman–Crippen LogP) is 4.49. The third-order valence-corrected chi connectivity index (χ3v) is 3.88. The average Bonchev–Trinajstić information content (AvgIpc) is 2.32. The number of nitrogen functional groups attached to an aromatic ring is 1. The van der Waals surface area contributed by atoms with Gasteiger partial charge >= 0.3 is 0 Å². The first-order chi connectivity index (χ1) is 8.49. The Morgan fingerprint density at radius 1 is 1.22 bits per heavy atom. The number of benzene rings is 1. The minimum atomic E-state index is 0.373. The van der Waals surface area contributed by atoms with Gasteiger partial charge in [-0.3, -0.25) is 0 Å². The zero-order chi connectivity index (χ0) is 13.3. The zero-order valence-corrected chi connectivity index (χ0v) is 12.3. The second-order valence-corrected chi connectivity index (χ2v) is 5.14. The Hall–Kier alpha value is -1.26.